The summed E-state index contributed by atoms with van der Waals surface area (Å²) < 4.78 is 9.48. The molecule has 6 rings (SSSR count). The van der Waals surface area contributed by atoms with Crippen LogP contribution in [0, 0.1) is 35.5 Å². The van der Waals surface area contributed by atoms with Gasteiger partial charge in [-0.2, -0.15) is 0 Å². The molecule has 0 aliphatic carbocycles. The zero-order chi connectivity index (χ0) is 39.9. The van der Waals surface area contributed by atoms with Crippen LogP contribution in [0.15, 0.2) is 36.7 Å². The van der Waals surface area contributed by atoms with E-state index in [9.17, 15) is 19.2 Å². The van der Waals surface area contributed by atoms with Gasteiger partial charge in [-0.1, -0.05) is 27.7 Å². The highest BCUT2D eigenvalue weighted by molar-refractivity contribution is 7.16. The van der Waals surface area contributed by atoms with Crippen LogP contribution in [0.1, 0.15) is 86.7 Å². The van der Waals surface area contributed by atoms with Gasteiger partial charge in [0.15, 0.2) is 0 Å². The van der Waals surface area contributed by atoms with Crippen LogP contribution in [0.4, 0.5) is 9.59 Å². The number of imidazole rings is 2. The minimum atomic E-state index is -0.693. The maximum absolute atomic E-state index is 13.5. The Kier molecular flexibility index (Phi) is 12.8. The van der Waals surface area contributed by atoms with Crippen molar-refractivity contribution in [1.82, 2.24) is 40.4 Å². The monoisotopic (exact) mass is 798 g/mol. The number of rotatable bonds is 10. The molecular formula is C40H46N8O6S2. The molecule has 2 aliphatic heterocycles. The van der Waals surface area contributed by atoms with E-state index in [-0.39, 0.29) is 35.7 Å². The molecule has 0 aromatic carbocycles. The Morgan fingerprint density at radius 1 is 0.750 bits per heavy atom. The van der Waals surface area contributed by atoms with E-state index < -0.39 is 24.3 Å². The number of hydrogen-bond acceptors (Lipinski definition) is 10. The van der Waals surface area contributed by atoms with Crippen LogP contribution < -0.4 is 10.6 Å². The average Bonchev–Trinajstić information content (AvgIpc) is 4.02. The van der Waals surface area contributed by atoms with Gasteiger partial charge >= 0.3 is 12.2 Å². The van der Waals surface area contributed by atoms with Crippen molar-refractivity contribution in [2.45, 2.75) is 77.5 Å². The van der Waals surface area contributed by atoms with Gasteiger partial charge in [-0.05, 0) is 85.5 Å². The number of carbonyl (C=O) groups is 4. The van der Waals surface area contributed by atoms with Crippen molar-refractivity contribution in [3.8, 4) is 45.0 Å². The van der Waals surface area contributed by atoms with Crippen LogP contribution in [-0.2, 0) is 19.1 Å². The van der Waals surface area contributed by atoms with E-state index in [2.05, 4.69) is 54.3 Å². The Morgan fingerprint density at radius 3 is 1.86 bits per heavy atom. The van der Waals surface area contributed by atoms with Gasteiger partial charge in [0.2, 0.25) is 11.8 Å². The first-order valence-electron chi connectivity index (χ1n) is 18.6. The van der Waals surface area contributed by atoms with Crippen molar-refractivity contribution in [2.75, 3.05) is 27.3 Å². The molecule has 2 aliphatic rings. The molecule has 4 amide bonds. The molecule has 4 aromatic rings. The molecule has 6 heterocycles. The Balaban J connectivity index is 1.07. The lowest BCUT2D eigenvalue weighted by atomic mass is 10.0. The minimum Gasteiger partial charge on any atom is -0.453 e. The second-order valence-electron chi connectivity index (χ2n) is 14.3. The second-order valence-corrected chi connectivity index (χ2v) is 16.5. The molecule has 2 fully saturated rings. The zero-order valence-electron chi connectivity index (χ0n) is 32.2. The number of H-pyrrole nitrogens is 2. The van der Waals surface area contributed by atoms with E-state index in [0.717, 1.165) is 56.6 Å². The molecule has 0 spiro atoms. The van der Waals surface area contributed by atoms with Crippen molar-refractivity contribution in [2.24, 2.45) is 11.8 Å². The summed E-state index contributed by atoms with van der Waals surface area (Å²) >= 11 is 3.02. The second kappa shape index (κ2) is 17.9. The molecule has 0 unspecified atom stereocenters. The summed E-state index contributed by atoms with van der Waals surface area (Å²) in [5, 5.41) is 5.37. The van der Waals surface area contributed by atoms with Crippen LogP contribution in [0.5, 0.6) is 0 Å². The number of likely N-dealkylation sites (tertiary alicyclic amines) is 2. The fraction of sp³-hybridized carbons (Fsp3) is 0.450. The first kappa shape index (κ1) is 40.1. The SMILES string of the molecule is COC(=O)N[C@@H](C(=O)N1CCC[C@H]1c1cnc(-c2ccc(C#CC#Cc3ccc(-c4cnc([C@@H]5CCCN5C(=O)[C@H](NC(=O)OC)C(C)C)[nH]4)s3)s2)[nH]1)C(C)C. The summed E-state index contributed by atoms with van der Waals surface area (Å²) in [6, 6.07) is 6.07. The summed E-state index contributed by atoms with van der Waals surface area (Å²) in [7, 11) is 2.57. The number of amides is 4. The molecule has 14 nitrogen and oxygen atoms in total. The van der Waals surface area contributed by atoms with Gasteiger partial charge in [0, 0.05) is 13.1 Å². The molecule has 56 heavy (non-hydrogen) atoms. The highest BCUT2D eigenvalue weighted by Gasteiger charge is 2.38. The van der Waals surface area contributed by atoms with Crippen molar-refractivity contribution in [3.63, 3.8) is 0 Å². The number of ether oxygens (including phenoxy) is 2. The maximum Gasteiger partial charge on any atom is 0.407 e. The molecule has 4 aromatic heterocycles. The van der Waals surface area contributed by atoms with Gasteiger partial charge in [-0.3, -0.25) is 9.59 Å². The number of aromatic nitrogens is 4. The lowest BCUT2D eigenvalue weighted by molar-refractivity contribution is -0.136. The minimum absolute atomic E-state index is 0.104. The summed E-state index contributed by atoms with van der Waals surface area (Å²) in [5.74, 6) is 13.1. The molecule has 2 saturated heterocycles. The van der Waals surface area contributed by atoms with Gasteiger partial charge < -0.3 is 39.9 Å². The molecule has 0 saturated carbocycles. The van der Waals surface area contributed by atoms with Crippen LogP contribution >= 0.6 is 22.7 Å². The van der Waals surface area contributed by atoms with Gasteiger partial charge in [0.25, 0.3) is 0 Å². The van der Waals surface area contributed by atoms with Crippen molar-refractivity contribution in [1.29, 1.82) is 0 Å². The third-order valence-electron chi connectivity index (χ3n) is 9.87. The number of aromatic amines is 2. The smallest absolute Gasteiger partial charge is 0.407 e. The van der Waals surface area contributed by atoms with Crippen LogP contribution in [0.3, 0.4) is 0 Å². The lowest BCUT2D eigenvalue weighted by Crippen LogP contribution is -2.51. The molecule has 294 valence electrons. The van der Waals surface area contributed by atoms with Crippen LogP contribution in [-0.4, -0.2) is 93.1 Å². The number of nitrogens with one attached hydrogen (secondary N) is 4. The third kappa shape index (κ3) is 9.09. The Bertz CT molecular complexity index is 2030. The fourth-order valence-electron chi connectivity index (χ4n) is 6.95. The van der Waals surface area contributed by atoms with Crippen LogP contribution in [0.2, 0.25) is 0 Å². The predicted octanol–water partition coefficient (Wildman–Crippen LogP) is 6.08. The molecule has 4 N–H and O–H groups in total. The Labute approximate surface area is 334 Å². The van der Waals surface area contributed by atoms with E-state index in [1.807, 2.05) is 56.9 Å². The maximum atomic E-state index is 13.5. The quantitative estimate of drug-likeness (QED) is 0.140. The third-order valence-corrected chi connectivity index (χ3v) is 11.9. The fourth-order valence-corrected chi connectivity index (χ4v) is 8.59. The van der Waals surface area contributed by atoms with Crippen LogP contribution in [0.25, 0.3) is 21.3 Å². The van der Waals surface area contributed by atoms with E-state index in [0.29, 0.717) is 24.7 Å². The Hall–Kier alpha value is -5.58. The largest absolute Gasteiger partial charge is 0.453 e. The molecule has 0 radical (unpaired) electrons. The number of alkyl carbamates (subject to hydrolysis) is 2. The molecule has 4 atom stereocenters. The summed E-state index contributed by atoms with van der Waals surface area (Å²) in [6.45, 7) is 8.76. The topological polar surface area (TPSA) is 175 Å². The molecule has 0 bridgehead atoms. The van der Waals surface area contributed by atoms with E-state index in [1.165, 1.54) is 36.9 Å². The highest BCUT2D eigenvalue weighted by atomic mass is 32.1. The zero-order valence-corrected chi connectivity index (χ0v) is 33.9. The average molecular weight is 799 g/mol. The summed E-state index contributed by atoms with van der Waals surface area (Å²) in [5.41, 5.74) is 1.69. The number of hydrogen-bond donors (Lipinski definition) is 4. The normalized spacial score (nSPS) is 17.5. The predicted molar refractivity (Wildman–Crippen MR) is 213 cm³/mol. The van der Waals surface area contributed by atoms with Crippen molar-refractivity contribution >= 4 is 46.7 Å². The standard InChI is InChI=1S/C40H46N8O6S2/c1-23(2)33(45-39(51)53-5)37(49)47-19-9-13-29(47)27-21-42-36(43-27)32-18-16-26(56-32)12-8-7-11-25-15-17-31(55-25)28-22-41-35(44-28)30-14-10-20-48(30)38(50)34(24(3)4)46-40(52)54-6/h15-18,21-24,29-30,33-34H,9-10,13-14,19-20H2,1-6H3,(H,41,44)(H,42,43)(H,45,51)(H,46,52)/t29-,30-,33+,34+/m0/s1. The first-order valence-corrected chi connectivity index (χ1v) is 20.2. The van der Waals surface area contributed by atoms with Gasteiger partial charge in [0.05, 0.1) is 69.6 Å². The van der Waals surface area contributed by atoms with Crippen molar-refractivity contribution in [3.05, 3.63) is 57.9 Å². The van der Waals surface area contributed by atoms with Crippen molar-refractivity contribution < 1.29 is 28.7 Å². The number of nitrogens with zero attached hydrogens (tertiary/aromatic N) is 4. The Morgan fingerprint density at radius 2 is 1.29 bits per heavy atom. The highest BCUT2D eigenvalue weighted by Crippen LogP contribution is 2.36. The van der Waals surface area contributed by atoms with Gasteiger partial charge in [-0.25, -0.2) is 19.6 Å². The van der Waals surface area contributed by atoms with E-state index >= 15 is 0 Å². The number of methoxy groups -OCH3 is 2. The molecular weight excluding hydrogens is 753 g/mol. The lowest BCUT2D eigenvalue weighted by Gasteiger charge is -2.30. The van der Waals surface area contributed by atoms with Gasteiger partial charge in [-0.15, -0.1) is 22.7 Å². The van der Waals surface area contributed by atoms with E-state index in [4.69, 9.17) is 9.47 Å². The van der Waals surface area contributed by atoms with E-state index in [1.54, 1.807) is 17.3 Å². The summed E-state index contributed by atoms with van der Waals surface area (Å²) in [6.07, 6.45) is 5.56. The number of carbonyl (C=O) groups excluding carboxylic acids is 4. The van der Waals surface area contributed by atoms with Gasteiger partial charge in [0.1, 0.15) is 23.7 Å². The summed E-state index contributed by atoms with van der Waals surface area (Å²) in [4.78, 5) is 74.1. The molecule has 16 heteroatoms. The first-order chi connectivity index (χ1) is 27.0. The number of thiophene rings is 2.